The number of hydrogen-bond donors (Lipinski definition) is 1. The molecule has 0 aliphatic carbocycles. The van der Waals surface area contributed by atoms with Crippen molar-refractivity contribution in [2.45, 2.75) is 38.1 Å². The molecule has 0 spiro atoms. The van der Waals surface area contributed by atoms with Gasteiger partial charge in [-0.05, 0) is 62.6 Å². The molecule has 190 valence electrons. The number of aryl methyl sites for hydroxylation is 1. The molecular formula is C28H33N3O4S. The van der Waals surface area contributed by atoms with Gasteiger partial charge in [-0.2, -0.15) is 0 Å². The highest BCUT2D eigenvalue weighted by molar-refractivity contribution is 7.92. The van der Waals surface area contributed by atoms with Crippen LogP contribution < -0.4 is 9.62 Å². The van der Waals surface area contributed by atoms with Gasteiger partial charge in [0.25, 0.3) is 10.0 Å². The minimum absolute atomic E-state index is 0.0897. The van der Waals surface area contributed by atoms with Crippen molar-refractivity contribution in [2.75, 3.05) is 23.9 Å². The molecule has 0 aliphatic heterocycles. The highest BCUT2D eigenvalue weighted by atomic mass is 32.2. The molecule has 3 aromatic rings. The minimum atomic E-state index is -4.04. The third-order valence-electron chi connectivity index (χ3n) is 5.90. The van der Waals surface area contributed by atoms with Crippen LogP contribution in [0.1, 0.15) is 25.0 Å². The largest absolute Gasteiger partial charge is 0.355 e. The topological polar surface area (TPSA) is 86.8 Å². The number of anilines is 1. The van der Waals surface area contributed by atoms with Gasteiger partial charge in [0, 0.05) is 13.1 Å². The molecule has 0 saturated heterocycles. The molecule has 1 N–H and O–H groups in total. The van der Waals surface area contributed by atoms with E-state index in [1.54, 1.807) is 43.3 Å². The molecule has 36 heavy (non-hydrogen) atoms. The maximum absolute atomic E-state index is 13.7. The van der Waals surface area contributed by atoms with Crippen LogP contribution in [0.3, 0.4) is 0 Å². The Bertz CT molecular complexity index is 1260. The number of carbonyl (C=O) groups is 2. The van der Waals surface area contributed by atoms with Gasteiger partial charge < -0.3 is 10.2 Å². The van der Waals surface area contributed by atoms with Crippen molar-refractivity contribution in [1.82, 2.24) is 10.2 Å². The van der Waals surface area contributed by atoms with E-state index in [1.165, 1.54) is 17.0 Å². The van der Waals surface area contributed by atoms with Crippen LogP contribution >= 0.6 is 0 Å². The van der Waals surface area contributed by atoms with Crippen LogP contribution in [0.25, 0.3) is 0 Å². The van der Waals surface area contributed by atoms with Crippen LogP contribution in [0, 0.1) is 6.92 Å². The van der Waals surface area contributed by atoms with Gasteiger partial charge in [0.2, 0.25) is 11.8 Å². The van der Waals surface area contributed by atoms with E-state index in [1.807, 2.05) is 50.2 Å². The molecule has 3 rings (SSSR count). The van der Waals surface area contributed by atoms with Gasteiger partial charge in [0.05, 0.1) is 10.6 Å². The summed E-state index contributed by atoms with van der Waals surface area (Å²) in [4.78, 5) is 27.9. The highest BCUT2D eigenvalue weighted by Gasteiger charge is 2.32. The second-order valence-corrected chi connectivity index (χ2v) is 10.4. The van der Waals surface area contributed by atoms with Crippen molar-refractivity contribution in [2.24, 2.45) is 0 Å². The Balaban J connectivity index is 1.96. The van der Waals surface area contributed by atoms with Crippen LogP contribution in [-0.4, -0.2) is 50.8 Å². The third-order valence-corrected chi connectivity index (χ3v) is 7.69. The maximum Gasteiger partial charge on any atom is 0.264 e. The number of amides is 2. The predicted molar refractivity (Wildman–Crippen MR) is 142 cm³/mol. The fourth-order valence-electron chi connectivity index (χ4n) is 3.92. The van der Waals surface area contributed by atoms with Crippen LogP contribution in [0.15, 0.2) is 89.8 Å². The lowest BCUT2D eigenvalue weighted by Crippen LogP contribution is -2.52. The van der Waals surface area contributed by atoms with Gasteiger partial charge in [0.15, 0.2) is 0 Å². The van der Waals surface area contributed by atoms with Crippen molar-refractivity contribution in [1.29, 1.82) is 0 Å². The Morgan fingerprint density at radius 1 is 0.917 bits per heavy atom. The number of likely N-dealkylation sites (N-methyl/N-ethyl adjacent to an activating group) is 1. The molecule has 8 heteroatoms. The van der Waals surface area contributed by atoms with Crippen molar-refractivity contribution >= 4 is 27.5 Å². The average Bonchev–Trinajstić information content (AvgIpc) is 2.88. The first-order chi connectivity index (χ1) is 17.2. The van der Waals surface area contributed by atoms with E-state index < -0.39 is 28.5 Å². The smallest absolute Gasteiger partial charge is 0.264 e. The van der Waals surface area contributed by atoms with E-state index in [4.69, 9.17) is 0 Å². The molecule has 0 unspecified atom stereocenters. The van der Waals surface area contributed by atoms with Crippen molar-refractivity contribution in [3.63, 3.8) is 0 Å². The maximum atomic E-state index is 13.7. The number of hydrogen-bond acceptors (Lipinski definition) is 4. The second-order valence-electron chi connectivity index (χ2n) is 8.56. The summed E-state index contributed by atoms with van der Waals surface area (Å²) in [6, 6.07) is 24.0. The first-order valence-electron chi connectivity index (χ1n) is 12.0. The summed E-state index contributed by atoms with van der Waals surface area (Å²) < 4.78 is 28.4. The summed E-state index contributed by atoms with van der Waals surface area (Å²) in [6.45, 7) is 5.61. The summed E-state index contributed by atoms with van der Waals surface area (Å²) in [5.74, 6) is -0.738. The molecule has 0 aliphatic rings. The van der Waals surface area contributed by atoms with E-state index in [0.29, 0.717) is 18.7 Å². The number of sulfonamides is 1. The zero-order valence-corrected chi connectivity index (χ0v) is 21.7. The normalized spacial score (nSPS) is 12.0. The van der Waals surface area contributed by atoms with Crippen molar-refractivity contribution in [3.05, 3.63) is 96.1 Å². The quantitative estimate of drug-likeness (QED) is 0.428. The molecule has 0 heterocycles. The molecule has 0 aromatic heterocycles. The van der Waals surface area contributed by atoms with Crippen LogP contribution in [0.4, 0.5) is 5.69 Å². The van der Waals surface area contributed by atoms with E-state index in [9.17, 15) is 18.0 Å². The summed E-state index contributed by atoms with van der Waals surface area (Å²) >= 11 is 0. The summed E-state index contributed by atoms with van der Waals surface area (Å²) in [7, 11) is -4.04. The van der Waals surface area contributed by atoms with E-state index >= 15 is 0 Å². The van der Waals surface area contributed by atoms with Crippen LogP contribution in [0.5, 0.6) is 0 Å². The fraction of sp³-hybridized carbons (Fsp3) is 0.286. The number of rotatable bonds is 11. The summed E-state index contributed by atoms with van der Waals surface area (Å²) in [5.41, 5.74) is 2.27. The van der Waals surface area contributed by atoms with Gasteiger partial charge >= 0.3 is 0 Å². The molecular weight excluding hydrogens is 474 g/mol. The lowest BCUT2D eigenvalue weighted by Gasteiger charge is -2.32. The standard InChI is InChI=1S/C28H33N3O4S/c1-4-29-28(33)23(3)30(19-18-24-13-7-5-8-14-24)27(32)21-31(25-15-11-12-22(2)20-25)36(34,35)26-16-9-6-10-17-26/h5-17,20,23H,4,18-19,21H2,1-3H3,(H,29,33)/t23-/m1/s1. The molecule has 0 radical (unpaired) electrons. The van der Waals surface area contributed by atoms with Crippen LogP contribution in [-0.2, 0) is 26.0 Å². The Morgan fingerprint density at radius 3 is 2.17 bits per heavy atom. The number of benzene rings is 3. The molecule has 2 amide bonds. The lowest BCUT2D eigenvalue weighted by molar-refractivity contribution is -0.138. The molecule has 1 atom stereocenters. The van der Waals surface area contributed by atoms with Crippen LogP contribution in [0.2, 0.25) is 0 Å². The van der Waals surface area contributed by atoms with Gasteiger partial charge in [0.1, 0.15) is 12.6 Å². The van der Waals surface area contributed by atoms with Gasteiger partial charge in [-0.3, -0.25) is 13.9 Å². The molecule has 0 bridgehead atoms. The lowest BCUT2D eigenvalue weighted by atomic mass is 10.1. The zero-order chi connectivity index (χ0) is 26.1. The Labute approximate surface area is 213 Å². The SMILES string of the molecule is CCNC(=O)[C@@H](C)N(CCc1ccccc1)C(=O)CN(c1cccc(C)c1)S(=O)(=O)c1ccccc1. The van der Waals surface area contributed by atoms with Gasteiger partial charge in [-0.1, -0.05) is 60.7 Å². The summed E-state index contributed by atoms with van der Waals surface area (Å²) in [6.07, 6.45) is 0.534. The monoisotopic (exact) mass is 507 g/mol. The second kappa shape index (κ2) is 12.4. The third kappa shape index (κ3) is 6.73. The van der Waals surface area contributed by atoms with Gasteiger partial charge in [-0.25, -0.2) is 8.42 Å². The average molecular weight is 508 g/mol. The first-order valence-corrected chi connectivity index (χ1v) is 13.4. The van der Waals surface area contributed by atoms with E-state index in [2.05, 4.69) is 5.32 Å². The molecule has 3 aromatic carbocycles. The van der Waals surface area contributed by atoms with E-state index in [0.717, 1.165) is 15.4 Å². The van der Waals surface area contributed by atoms with Gasteiger partial charge in [-0.15, -0.1) is 0 Å². The fourth-order valence-corrected chi connectivity index (χ4v) is 5.35. The number of nitrogens with one attached hydrogen (secondary N) is 1. The van der Waals surface area contributed by atoms with Crippen molar-refractivity contribution < 1.29 is 18.0 Å². The predicted octanol–water partition coefficient (Wildman–Crippen LogP) is 3.79. The Kier molecular flexibility index (Phi) is 9.25. The molecule has 7 nitrogen and oxygen atoms in total. The summed E-state index contributed by atoms with van der Waals surface area (Å²) in [5, 5.41) is 2.76. The Hall–Kier alpha value is -3.65. The molecule has 0 saturated carbocycles. The number of nitrogens with zero attached hydrogens (tertiary/aromatic N) is 2. The highest BCUT2D eigenvalue weighted by Crippen LogP contribution is 2.25. The van der Waals surface area contributed by atoms with Crippen molar-refractivity contribution in [3.8, 4) is 0 Å². The minimum Gasteiger partial charge on any atom is -0.355 e. The number of carbonyl (C=O) groups excluding carboxylic acids is 2. The first kappa shape index (κ1) is 26.9. The van der Waals surface area contributed by atoms with E-state index in [-0.39, 0.29) is 17.3 Å². The zero-order valence-electron chi connectivity index (χ0n) is 20.9. The molecule has 0 fully saturated rings. The Morgan fingerprint density at radius 2 is 1.56 bits per heavy atom.